The Kier molecular flexibility index (Phi) is 4.89. The molecular formula is C20H17ClN4O2. The number of aryl methyl sites for hydroxylation is 1. The Hall–Kier alpha value is -3.12. The van der Waals surface area contributed by atoms with Crippen molar-refractivity contribution in [1.82, 2.24) is 19.7 Å². The molecule has 0 bridgehead atoms. The quantitative estimate of drug-likeness (QED) is 0.484. The molecule has 0 spiro atoms. The van der Waals surface area contributed by atoms with Gasteiger partial charge in [-0.1, -0.05) is 54.0 Å². The molecule has 2 aromatic carbocycles. The first-order chi connectivity index (χ1) is 13.2. The molecule has 4 rings (SSSR count). The highest BCUT2D eigenvalue weighted by atomic mass is 35.5. The fourth-order valence-corrected chi connectivity index (χ4v) is 2.78. The third-order valence-electron chi connectivity index (χ3n) is 4.02. The van der Waals surface area contributed by atoms with Crippen molar-refractivity contribution in [3.8, 4) is 23.0 Å². The van der Waals surface area contributed by atoms with Crippen LogP contribution in [-0.2, 0) is 13.0 Å². The summed E-state index contributed by atoms with van der Waals surface area (Å²) in [7, 11) is 0. The summed E-state index contributed by atoms with van der Waals surface area (Å²) >= 11 is 6.20. The minimum atomic E-state index is 0.388. The molecule has 136 valence electrons. The van der Waals surface area contributed by atoms with E-state index in [1.807, 2.05) is 60.2 Å². The number of hydrogen-bond acceptors (Lipinski definition) is 5. The number of rotatable bonds is 6. The van der Waals surface area contributed by atoms with Crippen LogP contribution in [0.2, 0.25) is 5.02 Å². The van der Waals surface area contributed by atoms with Crippen molar-refractivity contribution < 1.29 is 9.26 Å². The highest BCUT2D eigenvalue weighted by Crippen LogP contribution is 2.28. The summed E-state index contributed by atoms with van der Waals surface area (Å²) in [5, 5.41) is 4.52. The van der Waals surface area contributed by atoms with E-state index in [0.717, 1.165) is 11.3 Å². The Balaban J connectivity index is 1.62. The summed E-state index contributed by atoms with van der Waals surface area (Å²) in [5.74, 6) is 1.74. The van der Waals surface area contributed by atoms with Gasteiger partial charge >= 0.3 is 0 Å². The molecule has 0 saturated heterocycles. The third-order valence-corrected chi connectivity index (χ3v) is 4.26. The van der Waals surface area contributed by atoms with Crippen LogP contribution in [-0.4, -0.2) is 19.7 Å². The molecule has 0 aliphatic rings. The molecule has 0 unspecified atom stereocenters. The first-order valence-corrected chi connectivity index (χ1v) is 8.94. The second kappa shape index (κ2) is 7.63. The molecule has 4 aromatic rings. The molecule has 7 heteroatoms. The van der Waals surface area contributed by atoms with Crippen LogP contribution in [0.25, 0.3) is 17.3 Å². The van der Waals surface area contributed by atoms with E-state index in [4.69, 9.17) is 20.9 Å². The lowest BCUT2D eigenvalue weighted by Crippen LogP contribution is -2.00. The van der Waals surface area contributed by atoms with E-state index in [-0.39, 0.29) is 0 Å². The number of imidazole rings is 1. The van der Waals surface area contributed by atoms with Crippen LogP contribution in [0.1, 0.15) is 18.3 Å². The fraction of sp³-hybridized carbons (Fsp3) is 0.150. The molecule has 0 amide bonds. The van der Waals surface area contributed by atoms with Crippen molar-refractivity contribution in [1.29, 1.82) is 0 Å². The van der Waals surface area contributed by atoms with Gasteiger partial charge in [0, 0.05) is 17.6 Å². The second-order valence-corrected chi connectivity index (χ2v) is 6.36. The Morgan fingerprint density at radius 1 is 1.15 bits per heavy atom. The van der Waals surface area contributed by atoms with E-state index in [0.29, 0.717) is 41.2 Å². The first kappa shape index (κ1) is 17.3. The summed E-state index contributed by atoms with van der Waals surface area (Å²) in [6.45, 7) is 2.43. The number of hydrogen-bond donors (Lipinski definition) is 0. The zero-order valence-electron chi connectivity index (χ0n) is 14.7. The van der Waals surface area contributed by atoms with Crippen LogP contribution in [0, 0.1) is 0 Å². The maximum atomic E-state index is 6.20. The maximum Gasteiger partial charge on any atom is 0.278 e. The first-order valence-electron chi connectivity index (χ1n) is 8.56. The van der Waals surface area contributed by atoms with Crippen molar-refractivity contribution in [3.63, 3.8) is 0 Å². The van der Waals surface area contributed by atoms with E-state index < -0.39 is 0 Å². The van der Waals surface area contributed by atoms with Gasteiger partial charge in [-0.05, 0) is 23.8 Å². The molecule has 0 N–H and O–H groups in total. The molecule has 0 atom stereocenters. The van der Waals surface area contributed by atoms with Crippen LogP contribution in [0.4, 0.5) is 0 Å². The monoisotopic (exact) mass is 380 g/mol. The van der Waals surface area contributed by atoms with Gasteiger partial charge in [0.15, 0.2) is 5.82 Å². The SMILES string of the molecule is CCc1noc(-c2cn(-c3cc(Cl)ccc3OCc3ccccc3)cn2)n1. The molecule has 0 saturated carbocycles. The summed E-state index contributed by atoms with van der Waals surface area (Å²) in [6, 6.07) is 15.5. The molecule has 6 nitrogen and oxygen atoms in total. The summed E-state index contributed by atoms with van der Waals surface area (Å²) in [5.41, 5.74) is 2.46. The molecular weight excluding hydrogens is 364 g/mol. The van der Waals surface area contributed by atoms with E-state index in [2.05, 4.69) is 15.1 Å². The van der Waals surface area contributed by atoms with Crippen molar-refractivity contribution in [2.45, 2.75) is 20.0 Å². The van der Waals surface area contributed by atoms with E-state index in [1.54, 1.807) is 12.4 Å². The Morgan fingerprint density at radius 3 is 2.78 bits per heavy atom. The smallest absolute Gasteiger partial charge is 0.278 e. The number of benzene rings is 2. The standard InChI is InChI=1S/C20H17ClN4O2/c1-2-19-23-20(27-24-19)16-11-25(13-22-16)17-10-15(21)8-9-18(17)26-12-14-6-4-3-5-7-14/h3-11,13H,2,12H2,1H3. The fourth-order valence-electron chi connectivity index (χ4n) is 2.62. The molecule has 27 heavy (non-hydrogen) atoms. The van der Waals surface area contributed by atoms with Crippen LogP contribution >= 0.6 is 11.6 Å². The molecule has 2 heterocycles. The molecule has 0 fully saturated rings. The molecule has 0 radical (unpaired) electrons. The van der Waals surface area contributed by atoms with Crippen molar-refractivity contribution in [2.75, 3.05) is 0 Å². The average Bonchev–Trinajstić information content (AvgIpc) is 3.37. The van der Waals surface area contributed by atoms with Crippen molar-refractivity contribution in [3.05, 3.63) is 77.5 Å². The number of ether oxygens (including phenoxy) is 1. The topological polar surface area (TPSA) is 66.0 Å². The lowest BCUT2D eigenvalue weighted by Gasteiger charge is -2.12. The summed E-state index contributed by atoms with van der Waals surface area (Å²) < 4.78 is 13.1. The molecule has 2 aromatic heterocycles. The van der Waals surface area contributed by atoms with Gasteiger partial charge in [-0.2, -0.15) is 4.98 Å². The lowest BCUT2D eigenvalue weighted by molar-refractivity contribution is 0.305. The van der Waals surface area contributed by atoms with E-state index >= 15 is 0 Å². The van der Waals surface area contributed by atoms with Crippen LogP contribution in [0.5, 0.6) is 5.75 Å². The molecule has 0 aliphatic heterocycles. The Labute approximate surface area is 161 Å². The Bertz CT molecular complexity index is 1040. The predicted molar refractivity (Wildman–Crippen MR) is 102 cm³/mol. The maximum absolute atomic E-state index is 6.20. The predicted octanol–water partition coefficient (Wildman–Crippen LogP) is 4.72. The summed E-state index contributed by atoms with van der Waals surface area (Å²) in [4.78, 5) is 8.68. The van der Waals surface area contributed by atoms with Gasteiger partial charge in [-0.15, -0.1) is 0 Å². The van der Waals surface area contributed by atoms with Crippen molar-refractivity contribution >= 4 is 11.6 Å². The third kappa shape index (κ3) is 3.85. The van der Waals surface area contributed by atoms with Crippen LogP contribution in [0.15, 0.2) is 65.6 Å². The summed E-state index contributed by atoms with van der Waals surface area (Å²) in [6.07, 6.45) is 4.19. The van der Waals surface area contributed by atoms with Gasteiger partial charge in [0.2, 0.25) is 0 Å². The largest absolute Gasteiger partial charge is 0.487 e. The van der Waals surface area contributed by atoms with Gasteiger partial charge in [-0.3, -0.25) is 0 Å². The normalized spacial score (nSPS) is 10.9. The van der Waals surface area contributed by atoms with Crippen LogP contribution < -0.4 is 4.74 Å². The minimum Gasteiger partial charge on any atom is -0.487 e. The van der Waals surface area contributed by atoms with E-state index in [9.17, 15) is 0 Å². The van der Waals surface area contributed by atoms with Crippen LogP contribution in [0.3, 0.4) is 0 Å². The van der Waals surface area contributed by atoms with E-state index in [1.165, 1.54) is 0 Å². The average molecular weight is 381 g/mol. The van der Waals surface area contributed by atoms with Gasteiger partial charge in [0.1, 0.15) is 24.4 Å². The highest BCUT2D eigenvalue weighted by Gasteiger charge is 2.14. The van der Waals surface area contributed by atoms with Gasteiger partial charge < -0.3 is 13.8 Å². The highest BCUT2D eigenvalue weighted by molar-refractivity contribution is 6.30. The van der Waals surface area contributed by atoms with Gasteiger partial charge in [0.25, 0.3) is 5.89 Å². The lowest BCUT2D eigenvalue weighted by atomic mass is 10.2. The number of nitrogens with zero attached hydrogens (tertiary/aromatic N) is 4. The number of aromatic nitrogens is 4. The molecule has 0 aliphatic carbocycles. The minimum absolute atomic E-state index is 0.388. The van der Waals surface area contributed by atoms with Crippen molar-refractivity contribution in [2.24, 2.45) is 0 Å². The number of halogens is 1. The second-order valence-electron chi connectivity index (χ2n) is 5.92. The van der Waals surface area contributed by atoms with Gasteiger partial charge in [0.05, 0.1) is 5.69 Å². The van der Waals surface area contributed by atoms with Gasteiger partial charge in [-0.25, -0.2) is 4.98 Å². The zero-order chi connectivity index (χ0) is 18.6. The Morgan fingerprint density at radius 2 is 2.00 bits per heavy atom. The zero-order valence-corrected chi connectivity index (χ0v) is 15.4.